The number of rotatable bonds is 6. The van der Waals surface area contributed by atoms with Gasteiger partial charge in [-0.3, -0.25) is 4.79 Å². The van der Waals surface area contributed by atoms with Crippen LogP contribution in [0.2, 0.25) is 0 Å². The Kier molecular flexibility index (Phi) is 5.80. The van der Waals surface area contributed by atoms with Gasteiger partial charge in [0.2, 0.25) is 0 Å². The van der Waals surface area contributed by atoms with Crippen LogP contribution in [0.15, 0.2) is 85.1 Å². The average molecular weight is 396 g/mol. The maximum Gasteiger partial charge on any atom is 0.305 e. The Morgan fingerprint density at radius 1 is 0.833 bits per heavy atom. The van der Waals surface area contributed by atoms with Gasteiger partial charge >= 0.3 is 5.97 Å². The summed E-state index contributed by atoms with van der Waals surface area (Å²) in [5, 5.41) is 1.16. The summed E-state index contributed by atoms with van der Waals surface area (Å²) in [6, 6.07) is 27.4. The van der Waals surface area contributed by atoms with Gasteiger partial charge in [0.1, 0.15) is 0 Å². The van der Waals surface area contributed by atoms with E-state index in [9.17, 15) is 4.79 Å². The molecular formula is C27H25NO2. The van der Waals surface area contributed by atoms with Gasteiger partial charge in [-0.25, -0.2) is 0 Å². The van der Waals surface area contributed by atoms with Crippen molar-refractivity contribution in [2.45, 2.75) is 19.8 Å². The van der Waals surface area contributed by atoms with Crippen molar-refractivity contribution in [2.24, 2.45) is 0 Å². The topological polar surface area (TPSA) is 42.1 Å². The highest BCUT2D eigenvalue weighted by atomic mass is 16.5. The van der Waals surface area contributed by atoms with Crippen LogP contribution < -0.4 is 0 Å². The van der Waals surface area contributed by atoms with Crippen LogP contribution in [0, 0.1) is 6.92 Å². The van der Waals surface area contributed by atoms with Crippen molar-refractivity contribution in [3.8, 4) is 0 Å². The fourth-order valence-electron chi connectivity index (χ4n) is 3.83. The number of ether oxygens (including phenoxy) is 1. The lowest BCUT2D eigenvalue weighted by molar-refractivity contribution is -0.140. The lowest BCUT2D eigenvalue weighted by Crippen LogP contribution is -2.02. The van der Waals surface area contributed by atoms with E-state index in [2.05, 4.69) is 72.6 Å². The van der Waals surface area contributed by atoms with Crippen molar-refractivity contribution < 1.29 is 9.53 Å². The van der Waals surface area contributed by atoms with Crippen molar-refractivity contribution in [3.05, 3.63) is 107 Å². The summed E-state index contributed by atoms with van der Waals surface area (Å²) in [5.41, 5.74) is 8.00. The second-order valence-electron chi connectivity index (χ2n) is 7.44. The number of allylic oxidation sites excluding steroid dienone is 1. The zero-order valence-electron chi connectivity index (χ0n) is 17.3. The second kappa shape index (κ2) is 8.83. The van der Waals surface area contributed by atoms with Crippen LogP contribution in [0.5, 0.6) is 0 Å². The largest absolute Gasteiger partial charge is 0.469 e. The fraction of sp³-hybridized carbons (Fsp3) is 0.148. The maximum absolute atomic E-state index is 12.0. The van der Waals surface area contributed by atoms with Gasteiger partial charge in [-0.05, 0) is 64.8 Å². The van der Waals surface area contributed by atoms with Gasteiger partial charge in [-0.15, -0.1) is 0 Å². The highest BCUT2D eigenvalue weighted by Gasteiger charge is 2.16. The lowest BCUT2D eigenvalue weighted by atomic mass is 9.86. The van der Waals surface area contributed by atoms with Crippen molar-refractivity contribution in [1.82, 2.24) is 4.98 Å². The Hall–Kier alpha value is -3.59. The zero-order chi connectivity index (χ0) is 20.9. The predicted octanol–water partition coefficient (Wildman–Crippen LogP) is 6.39. The van der Waals surface area contributed by atoms with Gasteiger partial charge < -0.3 is 9.72 Å². The summed E-state index contributed by atoms with van der Waals surface area (Å²) in [4.78, 5) is 15.2. The van der Waals surface area contributed by atoms with Crippen LogP contribution in [-0.4, -0.2) is 18.1 Å². The minimum atomic E-state index is -0.201. The molecule has 4 rings (SSSR count). The maximum atomic E-state index is 12.0. The molecule has 3 aromatic carbocycles. The van der Waals surface area contributed by atoms with E-state index in [4.69, 9.17) is 4.74 Å². The first-order valence-electron chi connectivity index (χ1n) is 10.2. The Morgan fingerprint density at radius 3 is 2.30 bits per heavy atom. The van der Waals surface area contributed by atoms with E-state index in [1.807, 2.05) is 24.4 Å². The Bertz CT molecular complexity index is 1180. The molecule has 0 saturated carbocycles. The van der Waals surface area contributed by atoms with E-state index in [0.717, 1.165) is 38.7 Å². The third kappa shape index (κ3) is 4.20. The van der Waals surface area contributed by atoms with Crippen LogP contribution in [0.1, 0.15) is 35.1 Å². The minimum Gasteiger partial charge on any atom is -0.469 e. The SMILES string of the molecule is COC(=O)CC/C(=C(\c1ccc(C)cc1)c1ccc2[nH]ccc2c1)c1ccccc1. The molecular weight excluding hydrogens is 370 g/mol. The molecule has 1 N–H and O–H groups in total. The molecule has 0 fully saturated rings. The molecule has 0 unspecified atom stereocenters. The number of benzene rings is 3. The van der Waals surface area contributed by atoms with Crippen LogP contribution in [0.3, 0.4) is 0 Å². The number of methoxy groups -OCH3 is 1. The summed E-state index contributed by atoms with van der Waals surface area (Å²) >= 11 is 0. The molecule has 1 heterocycles. The molecule has 0 aliphatic rings. The van der Waals surface area contributed by atoms with E-state index in [1.165, 1.54) is 12.7 Å². The first kappa shape index (κ1) is 19.7. The van der Waals surface area contributed by atoms with E-state index in [1.54, 1.807) is 0 Å². The number of carbonyl (C=O) groups excluding carboxylic acids is 1. The Morgan fingerprint density at radius 2 is 1.57 bits per heavy atom. The van der Waals surface area contributed by atoms with Gasteiger partial charge in [0.15, 0.2) is 0 Å². The number of fused-ring (bicyclic) bond motifs is 1. The predicted molar refractivity (Wildman–Crippen MR) is 123 cm³/mol. The quantitative estimate of drug-likeness (QED) is 0.304. The molecule has 30 heavy (non-hydrogen) atoms. The molecule has 0 radical (unpaired) electrons. The Labute approximate surface area is 177 Å². The van der Waals surface area contributed by atoms with E-state index < -0.39 is 0 Å². The summed E-state index contributed by atoms with van der Waals surface area (Å²) in [7, 11) is 1.44. The molecule has 0 bridgehead atoms. The zero-order valence-corrected chi connectivity index (χ0v) is 17.3. The summed E-state index contributed by atoms with van der Waals surface area (Å²) in [6.45, 7) is 2.09. The van der Waals surface area contributed by atoms with Crippen LogP contribution in [-0.2, 0) is 9.53 Å². The number of hydrogen-bond acceptors (Lipinski definition) is 2. The lowest BCUT2D eigenvalue weighted by Gasteiger charge is -2.18. The number of hydrogen-bond donors (Lipinski definition) is 1. The molecule has 0 aliphatic carbocycles. The molecule has 4 aromatic rings. The molecule has 0 amide bonds. The number of carbonyl (C=O) groups is 1. The number of nitrogens with one attached hydrogen (secondary N) is 1. The summed E-state index contributed by atoms with van der Waals surface area (Å²) in [6.07, 6.45) is 2.90. The third-order valence-electron chi connectivity index (χ3n) is 5.41. The first-order valence-corrected chi connectivity index (χ1v) is 10.2. The molecule has 3 heteroatoms. The van der Waals surface area contributed by atoms with Crippen molar-refractivity contribution in [2.75, 3.05) is 7.11 Å². The summed E-state index contributed by atoms with van der Waals surface area (Å²) < 4.78 is 4.92. The average Bonchev–Trinajstić information content (AvgIpc) is 3.26. The van der Waals surface area contributed by atoms with Gasteiger partial charge in [0.05, 0.1) is 7.11 Å². The third-order valence-corrected chi connectivity index (χ3v) is 5.41. The number of H-pyrrole nitrogens is 1. The second-order valence-corrected chi connectivity index (χ2v) is 7.44. The number of esters is 1. The molecule has 150 valence electrons. The molecule has 0 spiro atoms. The molecule has 0 atom stereocenters. The van der Waals surface area contributed by atoms with E-state index in [0.29, 0.717) is 12.8 Å². The highest BCUT2D eigenvalue weighted by molar-refractivity contribution is 6.01. The minimum absolute atomic E-state index is 0.201. The Balaban J connectivity index is 1.96. The van der Waals surface area contributed by atoms with Crippen LogP contribution >= 0.6 is 0 Å². The number of aromatic nitrogens is 1. The first-order chi connectivity index (χ1) is 14.7. The number of aryl methyl sites for hydroxylation is 1. The van der Waals surface area contributed by atoms with Gasteiger partial charge in [0, 0.05) is 18.1 Å². The van der Waals surface area contributed by atoms with E-state index in [-0.39, 0.29) is 5.97 Å². The standard InChI is InChI=1S/C27H25NO2/c1-19-8-10-21(11-9-19)27(23-12-14-25-22(18-23)16-17-28-25)24(13-15-26(29)30-2)20-6-4-3-5-7-20/h3-12,14,16-18,28H,13,15H2,1-2H3/b27-24-. The van der Waals surface area contributed by atoms with Crippen LogP contribution in [0.25, 0.3) is 22.0 Å². The smallest absolute Gasteiger partial charge is 0.305 e. The highest BCUT2D eigenvalue weighted by Crippen LogP contribution is 2.36. The van der Waals surface area contributed by atoms with Crippen molar-refractivity contribution >= 4 is 28.0 Å². The molecule has 3 nitrogen and oxygen atoms in total. The molecule has 0 aliphatic heterocycles. The van der Waals surface area contributed by atoms with Gasteiger partial charge in [-0.2, -0.15) is 0 Å². The monoisotopic (exact) mass is 395 g/mol. The normalized spacial score (nSPS) is 11.9. The fourth-order valence-corrected chi connectivity index (χ4v) is 3.83. The summed E-state index contributed by atoms with van der Waals surface area (Å²) in [5.74, 6) is -0.201. The molecule has 1 aromatic heterocycles. The van der Waals surface area contributed by atoms with Crippen molar-refractivity contribution in [1.29, 1.82) is 0 Å². The number of aromatic amines is 1. The molecule has 0 saturated heterocycles. The van der Waals surface area contributed by atoms with Crippen molar-refractivity contribution in [3.63, 3.8) is 0 Å². The van der Waals surface area contributed by atoms with Crippen LogP contribution in [0.4, 0.5) is 0 Å². The van der Waals surface area contributed by atoms with Gasteiger partial charge in [-0.1, -0.05) is 66.2 Å². The van der Waals surface area contributed by atoms with E-state index >= 15 is 0 Å². The van der Waals surface area contributed by atoms with Gasteiger partial charge in [0.25, 0.3) is 0 Å².